The average Bonchev–Trinajstić information content (AvgIpc) is 3.30. The summed E-state index contributed by atoms with van der Waals surface area (Å²) < 4.78 is 11.1. The van der Waals surface area contributed by atoms with Crippen LogP contribution in [0.4, 0.5) is 5.69 Å². The van der Waals surface area contributed by atoms with Gasteiger partial charge in [-0.3, -0.25) is 4.79 Å². The number of aromatic hydroxyl groups is 2. The van der Waals surface area contributed by atoms with Crippen LogP contribution in [0.5, 0.6) is 23.0 Å². The number of rotatable bonds is 9. The highest BCUT2D eigenvalue weighted by molar-refractivity contribution is 5.95. The van der Waals surface area contributed by atoms with Crippen LogP contribution in [-0.4, -0.2) is 51.2 Å². The molecular formula is C24H26N3O7-. The number of carbonyl (C=O) groups excluding carboxylic acids is 1. The lowest BCUT2D eigenvalue weighted by Gasteiger charge is -2.26. The maximum absolute atomic E-state index is 12.6. The number of nitrogens with zero attached hydrogens (tertiary/aromatic N) is 3. The molecule has 0 amide bonds. The normalized spacial score (nSPS) is 13.8. The van der Waals surface area contributed by atoms with E-state index in [0.717, 1.165) is 32.1 Å². The number of Topliss-reactive ketones (excluding diaryl/α,β-unsaturated/α-hetero) is 1. The van der Waals surface area contributed by atoms with Gasteiger partial charge < -0.3 is 29.8 Å². The fraction of sp³-hybridized carbons (Fsp3) is 0.333. The first kappa shape index (κ1) is 24.9. The Kier molecular flexibility index (Phi) is 8.34. The van der Waals surface area contributed by atoms with E-state index in [9.17, 15) is 19.9 Å². The molecule has 4 rings (SSSR count). The number of piperidine rings is 1. The largest absolute Gasteiger partial charge is 0.870 e. The molecule has 1 aliphatic rings. The number of hydrogen-bond donors (Lipinski definition) is 2. The number of benzene rings is 2. The molecular weight excluding hydrogens is 442 g/mol. The maximum Gasteiger partial charge on any atom is 0.184 e. The van der Waals surface area contributed by atoms with E-state index in [1.807, 2.05) is 0 Å². The quantitative estimate of drug-likeness (QED) is 0.318. The highest BCUT2D eigenvalue weighted by atomic mass is 16.5. The van der Waals surface area contributed by atoms with Crippen LogP contribution in [0.1, 0.15) is 42.6 Å². The van der Waals surface area contributed by atoms with Crippen LogP contribution in [0.15, 0.2) is 52.2 Å². The standard InChI is InChI=1S/C24H25N3O6.H2O/c28-17-13-21(30)24(22(14-17)32-18-8-6-16(25-31)7-9-18)23-15-19(26-33-23)20(29)5-4-12-27-10-2-1-3-11-27;/h6-9,13-15,28,30H,1-5,10-12H2;1H2/p-1. The van der Waals surface area contributed by atoms with E-state index >= 15 is 0 Å². The van der Waals surface area contributed by atoms with Crippen molar-refractivity contribution in [3.05, 3.63) is 53.1 Å². The monoisotopic (exact) mass is 468 g/mol. The number of phenolic OH excluding ortho intramolecular Hbond substituents is 2. The van der Waals surface area contributed by atoms with Crippen LogP contribution in [0.3, 0.4) is 0 Å². The number of phenols is 2. The third kappa shape index (κ3) is 5.97. The van der Waals surface area contributed by atoms with Crippen molar-refractivity contribution in [3.8, 4) is 34.3 Å². The average molecular weight is 468 g/mol. The molecule has 1 aliphatic heterocycles. The van der Waals surface area contributed by atoms with Crippen molar-refractivity contribution in [2.24, 2.45) is 5.18 Å². The van der Waals surface area contributed by atoms with Crippen molar-refractivity contribution in [1.82, 2.24) is 10.1 Å². The molecule has 2 heterocycles. The molecule has 1 aromatic heterocycles. The molecule has 10 nitrogen and oxygen atoms in total. The predicted octanol–water partition coefficient (Wildman–Crippen LogP) is 5.22. The van der Waals surface area contributed by atoms with Crippen molar-refractivity contribution in [2.75, 3.05) is 19.6 Å². The summed E-state index contributed by atoms with van der Waals surface area (Å²) in [5.41, 5.74) is 0.550. The minimum atomic E-state index is -0.295. The lowest BCUT2D eigenvalue weighted by atomic mass is 10.1. The van der Waals surface area contributed by atoms with E-state index in [0.29, 0.717) is 12.2 Å². The van der Waals surface area contributed by atoms with E-state index in [4.69, 9.17) is 9.26 Å². The summed E-state index contributed by atoms with van der Waals surface area (Å²) in [6.45, 7) is 3.05. The van der Waals surface area contributed by atoms with Crippen molar-refractivity contribution in [3.63, 3.8) is 0 Å². The summed E-state index contributed by atoms with van der Waals surface area (Å²) in [6, 6.07) is 9.91. The van der Waals surface area contributed by atoms with Gasteiger partial charge in [-0.15, -0.1) is 4.91 Å². The molecule has 0 aliphatic carbocycles. The summed E-state index contributed by atoms with van der Waals surface area (Å²) in [5, 5.41) is 27.1. The maximum atomic E-state index is 12.6. The summed E-state index contributed by atoms with van der Waals surface area (Å²) in [6.07, 6.45) is 4.78. The Morgan fingerprint density at radius 2 is 1.82 bits per heavy atom. The highest BCUT2D eigenvalue weighted by Gasteiger charge is 2.21. The number of aromatic nitrogens is 1. The van der Waals surface area contributed by atoms with Gasteiger partial charge >= 0.3 is 0 Å². The summed E-state index contributed by atoms with van der Waals surface area (Å²) in [5.74, 6) is -0.0723. The van der Waals surface area contributed by atoms with Crippen LogP contribution >= 0.6 is 0 Å². The van der Waals surface area contributed by atoms with Gasteiger partial charge in [0.15, 0.2) is 11.5 Å². The second kappa shape index (κ2) is 11.4. The molecule has 180 valence electrons. The van der Waals surface area contributed by atoms with Crippen molar-refractivity contribution < 1.29 is 29.7 Å². The number of ketones is 1. The van der Waals surface area contributed by atoms with Gasteiger partial charge in [-0.05, 0) is 68.3 Å². The third-order valence-corrected chi connectivity index (χ3v) is 5.61. The van der Waals surface area contributed by atoms with Gasteiger partial charge in [0.2, 0.25) is 0 Å². The van der Waals surface area contributed by atoms with E-state index in [2.05, 4.69) is 15.2 Å². The van der Waals surface area contributed by atoms with Crippen molar-refractivity contribution >= 4 is 11.5 Å². The number of likely N-dealkylation sites (tertiary alicyclic amines) is 1. The lowest BCUT2D eigenvalue weighted by molar-refractivity contribution is 0.0964. The van der Waals surface area contributed by atoms with E-state index in [1.165, 1.54) is 55.7 Å². The first-order valence-corrected chi connectivity index (χ1v) is 10.9. The van der Waals surface area contributed by atoms with Crippen LogP contribution in [-0.2, 0) is 0 Å². The van der Waals surface area contributed by atoms with Crippen LogP contribution in [0, 0.1) is 4.91 Å². The number of hydrogen-bond acceptors (Lipinski definition) is 10. The molecule has 2 aromatic carbocycles. The van der Waals surface area contributed by atoms with Gasteiger partial charge in [0.05, 0.1) is 0 Å². The second-order valence-corrected chi connectivity index (χ2v) is 8.03. The Hall–Kier alpha value is -3.76. The fourth-order valence-electron chi connectivity index (χ4n) is 3.92. The molecule has 0 saturated carbocycles. The zero-order valence-corrected chi connectivity index (χ0v) is 18.5. The summed E-state index contributed by atoms with van der Waals surface area (Å²) in [4.78, 5) is 25.6. The molecule has 0 radical (unpaired) electrons. The van der Waals surface area contributed by atoms with Gasteiger partial charge in [-0.1, -0.05) is 11.6 Å². The first-order chi connectivity index (χ1) is 16.0. The molecule has 3 N–H and O–H groups in total. The molecule has 3 aromatic rings. The third-order valence-electron chi connectivity index (χ3n) is 5.61. The summed E-state index contributed by atoms with van der Waals surface area (Å²) in [7, 11) is 0. The molecule has 0 unspecified atom stereocenters. The molecule has 0 bridgehead atoms. The molecule has 0 atom stereocenters. The SMILES string of the molecule is O=Nc1ccc(Oc2cc(O)cc(O)c2-c2cc(C(=O)CCCN3CCCCC3)no2)cc1.[OH-]. The van der Waals surface area contributed by atoms with Crippen molar-refractivity contribution in [2.45, 2.75) is 32.1 Å². The Labute approximate surface area is 196 Å². The van der Waals surface area contributed by atoms with Crippen LogP contribution in [0.2, 0.25) is 0 Å². The highest BCUT2D eigenvalue weighted by Crippen LogP contribution is 2.43. The predicted molar refractivity (Wildman–Crippen MR) is 123 cm³/mol. The van der Waals surface area contributed by atoms with E-state index in [-0.39, 0.29) is 51.2 Å². The Bertz CT molecular complexity index is 1120. The fourth-order valence-corrected chi connectivity index (χ4v) is 3.92. The lowest BCUT2D eigenvalue weighted by Crippen LogP contribution is -2.30. The van der Waals surface area contributed by atoms with Gasteiger partial charge in [0, 0.05) is 24.6 Å². The van der Waals surface area contributed by atoms with Gasteiger partial charge in [0.25, 0.3) is 0 Å². The van der Waals surface area contributed by atoms with Gasteiger partial charge in [-0.25, -0.2) is 0 Å². The zero-order chi connectivity index (χ0) is 23.2. The van der Waals surface area contributed by atoms with Crippen LogP contribution in [0.25, 0.3) is 11.3 Å². The second-order valence-electron chi connectivity index (χ2n) is 8.03. The summed E-state index contributed by atoms with van der Waals surface area (Å²) >= 11 is 0. The molecule has 0 spiro atoms. The number of carbonyl (C=O) groups is 1. The Morgan fingerprint density at radius 1 is 1.09 bits per heavy atom. The van der Waals surface area contributed by atoms with E-state index < -0.39 is 0 Å². The van der Waals surface area contributed by atoms with Crippen LogP contribution < -0.4 is 4.74 Å². The Balaban J connectivity index is 0.00000324. The Morgan fingerprint density at radius 3 is 2.53 bits per heavy atom. The first-order valence-electron chi connectivity index (χ1n) is 10.9. The number of nitroso groups, excluding NO2 is 1. The molecule has 34 heavy (non-hydrogen) atoms. The topological polar surface area (TPSA) is 155 Å². The minimum Gasteiger partial charge on any atom is -0.870 e. The van der Waals surface area contributed by atoms with Crippen molar-refractivity contribution in [1.29, 1.82) is 0 Å². The zero-order valence-electron chi connectivity index (χ0n) is 18.5. The molecule has 1 fully saturated rings. The number of ether oxygens (including phenoxy) is 1. The van der Waals surface area contributed by atoms with E-state index in [1.54, 1.807) is 0 Å². The molecule has 10 heteroatoms. The van der Waals surface area contributed by atoms with Gasteiger partial charge in [0.1, 0.15) is 39.9 Å². The van der Waals surface area contributed by atoms with Gasteiger partial charge in [-0.2, -0.15) is 0 Å². The minimum absolute atomic E-state index is 0. The molecule has 1 saturated heterocycles. The smallest absolute Gasteiger partial charge is 0.184 e.